The summed E-state index contributed by atoms with van der Waals surface area (Å²) in [5.41, 5.74) is 16.0. The van der Waals surface area contributed by atoms with E-state index in [1.165, 1.54) is 7.11 Å². The van der Waals surface area contributed by atoms with Crippen LogP contribution in [0, 0.1) is 0 Å². The third-order valence-corrected chi connectivity index (χ3v) is 5.28. The van der Waals surface area contributed by atoms with Crippen LogP contribution in [-0.4, -0.2) is 74.3 Å². The SMILES string of the molecule is COC(=O)[C@H](CCCCN)NC(=O)[C@H](CCCCN)NC(=O)[C@H](CCCCN)NC(=O)OC(C)(C)C. The summed E-state index contributed by atoms with van der Waals surface area (Å²) >= 11 is 0. The van der Waals surface area contributed by atoms with Crippen molar-refractivity contribution in [2.45, 2.75) is 102 Å². The number of hydrogen-bond donors (Lipinski definition) is 6. The first kappa shape index (κ1) is 33.6. The van der Waals surface area contributed by atoms with E-state index < -0.39 is 47.6 Å². The molecule has 0 saturated carbocycles. The van der Waals surface area contributed by atoms with Gasteiger partial charge < -0.3 is 42.6 Å². The normalized spacial score (nSPS) is 13.8. The lowest BCUT2D eigenvalue weighted by Gasteiger charge is -2.26. The second kappa shape index (κ2) is 18.8. The molecule has 0 radical (unpaired) electrons. The minimum atomic E-state index is -0.928. The fraction of sp³-hybridized carbons (Fsp3) is 0.833. The molecule has 0 aliphatic heterocycles. The van der Waals surface area contributed by atoms with Gasteiger partial charge in [0.15, 0.2) is 0 Å². The summed E-state index contributed by atoms with van der Waals surface area (Å²) in [4.78, 5) is 50.8. The molecule has 0 rings (SSSR count). The van der Waals surface area contributed by atoms with Crippen molar-refractivity contribution in [3.63, 3.8) is 0 Å². The predicted octanol–water partition coefficient (Wildman–Crippen LogP) is 0.409. The first-order chi connectivity index (χ1) is 17.0. The van der Waals surface area contributed by atoms with E-state index in [1.54, 1.807) is 20.8 Å². The van der Waals surface area contributed by atoms with Crippen LogP contribution in [0.1, 0.15) is 78.6 Å². The first-order valence-corrected chi connectivity index (χ1v) is 12.8. The molecule has 36 heavy (non-hydrogen) atoms. The topological polar surface area (TPSA) is 201 Å². The molecule has 0 heterocycles. The van der Waals surface area contributed by atoms with E-state index in [9.17, 15) is 19.2 Å². The third-order valence-electron chi connectivity index (χ3n) is 5.28. The van der Waals surface area contributed by atoms with Gasteiger partial charge in [-0.1, -0.05) is 0 Å². The van der Waals surface area contributed by atoms with E-state index in [1.807, 2.05) is 0 Å². The third kappa shape index (κ3) is 15.5. The molecule has 0 aliphatic carbocycles. The molecule has 0 aromatic rings. The van der Waals surface area contributed by atoms with Crippen LogP contribution in [0.4, 0.5) is 4.79 Å². The Hall–Kier alpha value is -2.44. The van der Waals surface area contributed by atoms with E-state index in [4.69, 9.17) is 26.7 Å². The van der Waals surface area contributed by atoms with Gasteiger partial charge in [-0.3, -0.25) is 9.59 Å². The summed E-state index contributed by atoms with van der Waals surface area (Å²) < 4.78 is 10.1. The van der Waals surface area contributed by atoms with Crippen LogP contribution in [0.15, 0.2) is 0 Å². The number of ether oxygens (including phenoxy) is 2. The molecule has 12 nitrogen and oxygen atoms in total. The number of alkyl carbamates (subject to hydrolysis) is 1. The van der Waals surface area contributed by atoms with Crippen molar-refractivity contribution < 1.29 is 28.7 Å². The molecule has 0 aromatic heterocycles. The molecule has 12 heteroatoms. The number of carbonyl (C=O) groups excluding carboxylic acids is 4. The van der Waals surface area contributed by atoms with Gasteiger partial charge in [-0.25, -0.2) is 9.59 Å². The Bertz CT molecular complexity index is 670. The second-order valence-corrected chi connectivity index (χ2v) is 9.70. The number of amides is 3. The van der Waals surface area contributed by atoms with Crippen molar-refractivity contribution in [3.8, 4) is 0 Å². The number of hydrogen-bond acceptors (Lipinski definition) is 9. The average Bonchev–Trinajstić information content (AvgIpc) is 2.80. The highest BCUT2D eigenvalue weighted by atomic mass is 16.6. The number of methoxy groups -OCH3 is 1. The zero-order chi connectivity index (χ0) is 27.6. The number of nitrogens with two attached hydrogens (primary N) is 3. The van der Waals surface area contributed by atoms with E-state index in [2.05, 4.69) is 16.0 Å². The highest BCUT2D eigenvalue weighted by Crippen LogP contribution is 2.10. The molecule has 0 saturated heterocycles. The summed E-state index contributed by atoms with van der Waals surface area (Å²) in [6.07, 6.45) is 4.10. The van der Waals surface area contributed by atoms with E-state index in [0.717, 1.165) is 0 Å². The van der Waals surface area contributed by atoms with Gasteiger partial charge in [0.05, 0.1) is 7.11 Å². The lowest BCUT2D eigenvalue weighted by molar-refractivity contribution is -0.145. The van der Waals surface area contributed by atoms with Crippen LogP contribution >= 0.6 is 0 Å². The molecule has 0 aliphatic rings. The molecule has 0 spiro atoms. The molecule has 3 amide bonds. The van der Waals surface area contributed by atoms with Crippen LogP contribution < -0.4 is 33.2 Å². The van der Waals surface area contributed by atoms with Crippen molar-refractivity contribution in [1.82, 2.24) is 16.0 Å². The first-order valence-electron chi connectivity index (χ1n) is 12.8. The Balaban J connectivity index is 5.52. The molecule has 0 aromatic carbocycles. The molecular formula is C24H48N6O6. The van der Waals surface area contributed by atoms with Crippen molar-refractivity contribution in [1.29, 1.82) is 0 Å². The van der Waals surface area contributed by atoms with Gasteiger partial charge >= 0.3 is 12.1 Å². The fourth-order valence-corrected chi connectivity index (χ4v) is 3.40. The quantitative estimate of drug-likeness (QED) is 0.110. The predicted molar refractivity (Wildman–Crippen MR) is 138 cm³/mol. The lowest BCUT2D eigenvalue weighted by Crippen LogP contribution is -2.56. The summed E-state index contributed by atoms with van der Waals surface area (Å²) in [5.74, 6) is -1.61. The number of unbranched alkanes of at least 4 members (excludes halogenated alkanes) is 3. The maximum absolute atomic E-state index is 13.1. The Labute approximate surface area is 215 Å². The molecule has 210 valence electrons. The molecule has 0 fully saturated rings. The Kier molecular flexibility index (Phi) is 17.5. The average molecular weight is 517 g/mol. The smallest absolute Gasteiger partial charge is 0.408 e. The highest BCUT2D eigenvalue weighted by molar-refractivity contribution is 5.93. The standard InChI is InChI=1S/C24H48N6O6/c1-24(2,3)36-23(34)30-18(12-6-9-15-26)21(32)28-17(11-5-8-14-25)20(31)29-19(22(33)35-4)13-7-10-16-27/h17-19H,5-16,25-27H2,1-4H3,(H,28,32)(H,29,31)(H,30,34)/t17-,18-,19-/m0/s1. The van der Waals surface area contributed by atoms with Crippen molar-refractivity contribution in [3.05, 3.63) is 0 Å². The number of carbonyl (C=O) groups is 4. The maximum Gasteiger partial charge on any atom is 0.408 e. The van der Waals surface area contributed by atoms with Gasteiger partial charge in [-0.05, 0) is 98.2 Å². The van der Waals surface area contributed by atoms with E-state index in [-0.39, 0.29) is 0 Å². The van der Waals surface area contributed by atoms with Gasteiger partial charge in [-0.15, -0.1) is 0 Å². The molecule has 3 atom stereocenters. The number of nitrogens with one attached hydrogen (secondary N) is 3. The molecule has 9 N–H and O–H groups in total. The van der Waals surface area contributed by atoms with Gasteiger partial charge in [0.25, 0.3) is 0 Å². The Morgan fingerprint density at radius 1 is 0.667 bits per heavy atom. The highest BCUT2D eigenvalue weighted by Gasteiger charge is 2.30. The Morgan fingerprint density at radius 2 is 1.06 bits per heavy atom. The molecule has 0 unspecified atom stereocenters. The van der Waals surface area contributed by atoms with Crippen LogP contribution in [0.2, 0.25) is 0 Å². The maximum atomic E-state index is 13.1. The van der Waals surface area contributed by atoms with Gasteiger partial charge in [-0.2, -0.15) is 0 Å². The minimum Gasteiger partial charge on any atom is -0.467 e. The van der Waals surface area contributed by atoms with Crippen molar-refractivity contribution in [2.75, 3.05) is 26.7 Å². The zero-order valence-corrected chi connectivity index (χ0v) is 22.4. The summed E-state index contributed by atoms with van der Waals surface area (Å²) in [6.45, 7) is 6.52. The fourth-order valence-electron chi connectivity index (χ4n) is 3.40. The zero-order valence-electron chi connectivity index (χ0n) is 22.4. The van der Waals surface area contributed by atoms with Crippen LogP contribution in [0.25, 0.3) is 0 Å². The van der Waals surface area contributed by atoms with Gasteiger partial charge in [0.1, 0.15) is 23.7 Å². The largest absolute Gasteiger partial charge is 0.467 e. The number of esters is 1. The van der Waals surface area contributed by atoms with Crippen molar-refractivity contribution in [2.24, 2.45) is 17.2 Å². The minimum absolute atomic E-state index is 0.313. The number of rotatable bonds is 18. The molecular weight excluding hydrogens is 468 g/mol. The van der Waals surface area contributed by atoms with Crippen LogP contribution in [-0.2, 0) is 23.9 Å². The van der Waals surface area contributed by atoms with Gasteiger partial charge in [0, 0.05) is 0 Å². The summed E-state index contributed by atoms with van der Waals surface area (Å²) in [5, 5.41) is 8.02. The van der Waals surface area contributed by atoms with E-state index in [0.29, 0.717) is 77.4 Å². The summed E-state index contributed by atoms with van der Waals surface area (Å²) in [7, 11) is 1.25. The summed E-state index contributed by atoms with van der Waals surface area (Å²) in [6, 6.07) is -2.71. The second-order valence-electron chi connectivity index (χ2n) is 9.70. The van der Waals surface area contributed by atoms with E-state index >= 15 is 0 Å². The lowest BCUT2D eigenvalue weighted by atomic mass is 10.0. The van der Waals surface area contributed by atoms with Crippen LogP contribution in [0.3, 0.4) is 0 Å². The van der Waals surface area contributed by atoms with Crippen LogP contribution in [0.5, 0.6) is 0 Å². The van der Waals surface area contributed by atoms with Gasteiger partial charge in [0.2, 0.25) is 11.8 Å². The Morgan fingerprint density at radius 3 is 1.44 bits per heavy atom. The van der Waals surface area contributed by atoms with Crippen molar-refractivity contribution >= 4 is 23.9 Å². The monoisotopic (exact) mass is 516 g/mol. The molecule has 0 bridgehead atoms.